The molecule has 0 saturated heterocycles. The van der Waals surface area contributed by atoms with Gasteiger partial charge >= 0.3 is 0 Å². The smallest absolute Gasteiger partial charge is 0.0726 e. The lowest BCUT2D eigenvalue weighted by atomic mass is 10.1. The van der Waals surface area contributed by atoms with Gasteiger partial charge in [0.05, 0.1) is 17.8 Å². The molecule has 3 heteroatoms. The van der Waals surface area contributed by atoms with Crippen molar-refractivity contribution in [1.29, 1.82) is 0 Å². The fraction of sp³-hybridized carbons (Fsp3) is 0.400. The molecule has 1 aliphatic rings. The van der Waals surface area contributed by atoms with Gasteiger partial charge in [-0.3, -0.25) is 4.98 Å². The maximum atomic E-state index is 9.16. The number of aromatic nitrogens is 1. The summed E-state index contributed by atoms with van der Waals surface area (Å²) in [7, 11) is 2.05. The fourth-order valence-corrected chi connectivity index (χ4v) is 2.88. The summed E-state index contributed by atoms with van der Waals surface area (Å²) < 4.78 is 0. The van der Waals surface area contributed by atoms with Crippen LogP contribution in [-0.4, -0.2) is 30.3 Å². The van der Waals surface area contributed by atoms with Crippen LogP contribution in [0.1, 0.15) is 17.7 Å². The van der Waals surface area contributed by atoms with Crippen LogP contribution in [0.4, 0.5) is 5.69 Å². The van der Waals surface area contributed by atoms with Crippen molar-refractivity contribution < 1.29 is 5.11 Å². The number of para-hydroxylation sites is 1. The molecule has 0 bridgehead atoms. The first kappa shape index (κ1) is 11.5. The molecule has 18 heavy (non-hydrogen) atoms. The number of fused-ring (bicyclic) bond motifs is 2. The standard InChI is InChI=1S/C15H18N2O/c1-17(9-10-18)15-11-5-2-3-7-13(11)16-14-8-4-6-12(14)15/h2-3,5,7,18H,4,6,8-10H2,1H3. The Morgan fingerprint density at radius 2 is 2.11 bits per heavy atom. The van der Waals surface area contributed by atoms with Gasteiger partial charge in [0.1, 0.15) is 0 Å². The molecule has 0 saturated carbocycles. The molecule has 1 aromatic carbocycles. The summed E-state index contributed by atoms with van der Waals surface area (Å²) in [5, 5.41) is 10.4. The highest BCUT2D eigenvalue weighted by Gasteiger charge is 2.21. The molecule has 0 radical (unpaired) electrons. The molecule has 0 spiro atoms. The van der Waals surface area contributed by atoms with E-state index in [1.54, 1.807) is 0 Å². The quantitative estimate of drug-likeness (QED) is 0.896. The number of hydrogen-bond acceptors (Lipinski definition) is 3. The van der Waals surface area contributed by atoms with Crippen LogP contribution in [0.2, 0.25) is 0 Å². The van der Waals surface area contributed by atoms with Crippen molar-refractivity contribution in [3.8, 4) is 0 Å². The lowest BCUT2D eigenvalue weighted by Gasteiger charge is -2.23. The summed E-state index contributed by atoms with van der Waals surface area (Å²) >= 11 is 0. The molecule has 1 aromatic heterocycles. The molecule has 2 aromatic rings. The van der Waals surface area contributed by atoms with Gasteiger partial charge in [0, 0.05) is 24.7 Å². The number of aliphatic hydroxyl groups is 1. The highest BCUT2D eigenvalue weighted by Crippen LogP contribution is 2.35. The Balaban J connectivity index is 2.25. The number of anilines is 1. The number of benzene rings is 1. The SMILES string of the molecule is CN(CCO)c1c2c(nc3ccccc13)CCC2. The van der Waals surface area contributed by atoms with E-state index in [1.165, 1.54) is 28.8 Å². The molecule has 1 heterocycles. The van der Waals surface area contributed by atoms with Gasteiger partial charge in [-0.05, 0) is 30.9 Å². The summed E-state index contributed by atoms with van der Waals surface area (Å²) in [6.45, 7) is 0.850. The summed E-state index contributed by atoms with van der Waals surface area (Å²) in [5.41, 5.74) is 4.96. The third-order valence-electron chi connectivity index (χ3n) is 3.71. The number of aryl methyl sites for hydroxylation is 1. The molecule has 0 aliphatic heterocycles. The van der Waals surface area contributed by atoms with Gasteiger partial charge in [0.25, 0.3) is 0 Å². The Morgan fingerprint density at radius 3 is 2.94 bits per heavy atom. The van der Waals surface area contributed by atoms with Crippen LogP contribution < -0.4 is 4.90 Å². The second kappa shape index (κ2) is 4.58. The molecule has 0 amide bonds. The van der Waals surface area contributed by atoms with Gasteiger partial charge in [0.15, 0.2) is 0 Å². The zero-order valence-electron chi connectivity index (χ0n) is 10.7. The van der Waals surface area contributed by atoms with Crippen LogP contribution in [0.25, 0.3) is 10.9 Å². The van der Waals surface area contributed by atoms with Crippen LogP contribution in [0.5, 0.6) is 0 Å². The minimum atomic E-state index is 0.182. The van der Waals surface area contributed by atoms with E-state index >= 15 is 0 Å². The molecule has 0 unspecified atom stereocenters. The van der Waals surface area contributed by atoms with Crippen LogP contribution in [0.15, 0.2) is 24.3 Å². The topological polar surface area (TPSA) is 36.4 Å². The Bertz CT molecular complexity index is 580. The first-order valence-corrected chi connectivity index (χ1v) is 6.53. The highest BCUT2D eigenvalue weighted by atomic mass is 16.3. The average Bonchev–Trinajstić information content (AvgIpc) is 2.83. The van der Waals surface area contributed by atoms with Crippen molar-refractivity contribution in [1.82, 2.24) is 4.98 Å². The molecular formula is C15H18N2O. The normalized spacial score (nSPS) is 13.9. The van der Waals surface area contributed by atoms with E-state index in [-0.39, 0.29) is 6.61 Å². The van der Waals surface area contributed by atoms with Crippen molar-refractivity contribution in [2.75, 3.05) is 25.1 Å². The van der Waals surface area contributed by atoms with Crippen molar-refractivity contribution in [2.24, 2.45) is 0 Å². The fourth-order valence-electron chi connectivity index (χ4n) is 2.88. The number of likely N-dealkylation sites (N-methyl/N-ethyl adjacent to an activating group) is 1. The van der Waals surface area contributed by atoms with Crippen LogP contribution in [0.3, 0.4) is 0 Å². The monoisotopic (exact) mass is 242 g/mol. The Kier molecular flexibility index (Phi) is 2.92. The largest absolute Gasteiger partial charge is 0.395 e. The number of hydrogen-bond donors (Lipinski definition) is 1. The third-order valence-corrected chi connectivity index (χ3v) is 3.71. The lowest BCUT2D eigenvalue weighted by Crippen LogP contribution is -2.23. The predicted octanol–water partition coefficient (Wildman–Crippen LogP) is 2.15. The van der Waals surface area contributed by atoms with Crippen molar-refractivity contribution in [2.45, 2.75) is 19.3 Å². The zero-order chi connectivity index (χ0) is 12.5. The molecular weight excluding hydrogens is 224 g/mol. The summed E-state index contributed by atoms with van der Waals surface area (Å²) in [6, 6.07) is 8.29. The van der Waals surface area contributed by atoms with Crippen LogP contribution >= 0.6 is 0 Å². The maximum absolute atomic E-state index is 9.16. The van der Waals surface area contributed by atoms with Gasteiger partial charge in [-0.15, -0.1) is 0 Å². The number of pyridine rings is 1. The van der Waals surface area contributed by atoms with E-state index in [1.807, 2.05) is 6.07 Å². The number of rotatable bonds is 3. The second-order valence-corrected chi connectivity index (χ2v) is 4.90. The third kappa shape index (κ3) is 1.75. The van der Waals surface area contributed by atoms with Gasteiger partial charge in [0.2, 0.25) is 0 Å². The van der Waals surface area contributed by atoms with E-state index in [0.717, 1.165) is 18.4 Å². The Hall–Kier alpha value is -1.61. The molecule has 0 atom stereocenters. The first-order chi connectivity index (χ1) is 8.81. The Labute approximate surface area is 107 Å². The Morgan fingerprint density at radius 1 is 1.28 bits per heavy atom. The average molecular weight is 242 g/mol. The van der Waals surface area contributed by atoms with Crippen molar-refractivity contribution >= 4 is 16.6 Å². The van der Waals surface area contributed by atoms with Gasteiger partial charge in [-0.2, -0.15) is 0 Å². The molecule has 1 aliphatic carbocycles. The van der Waals surface area contributed by atoms with Crippen LogP contribution in [-0.2, 0) is 12.8 Å². The summed E-state index contributed by atoms with van der Waals surface area (Å²) in [4.78, 5) is 6.93. The molecule has 1 N–H and O–H groups in total. The van der Waals surface area contributed by atoms with Gasteiger partial charge in [-0.25, -0.2) is 0 Å². The summed E-state index contributed by atoms with van der Waals surface area (Å²) in [6.07, 6.45) is 3.39. The van der Waals surface area contributed by atoms with E-state index < -0.39 is 0 Å². The highest BCUT2D eigenvalue weighted by molar-refractivity contribution is 5.94. The predicted molar refractivity (Wildman–Crippen MR) is 74.1 cm³/mol. The van der Waals surface area contributed by atoms with E-state index in [0.29, 0.717) is 6.54 Å². The van der Waals surface area contributed by atoms with Gasteiger partial charge in [-0.1, -0.05) is 18.2 Å². The van der Waals surface area contributed by atoms with E-state index in [2.05, 4.69) is 30.1 Å². The van der Waals surface area contributed by atoms with Crippen LogP contribution in [0, 0.1) is 0 Å². The molecule has 3 rings (SSSR count). The molecule has 94 valence electrons. The van der Waals surface area contributed by atoms with E-state index in [4.69, 9.17) is 10.1 Å². The summed E-state index contributed by atoms with van der Waals surface area (Å²) in [5.74, 6) is 0. The van der Waals surface area contributed by atoms with E-state index in [9.17, 15) is 0 Å². The minimum absolute atomic E-state index is 0.182. The first-order valence-electron chi connectivity index (χ1n) is 6.53. The van der Waals surface area contributed by atoms with Gasteiger partial charge < -0.3 is 10.0 Å². The molecule has 3 nitrogen and oxygen atoms in total. The second-order valence-electron chi connectivity index (χ2n) is 4.90. The van der Waals surface area contributed by atoms with Crippen molar-refractivity contribution in [3.63, 3.8) is 0 Å². The minimum Gasteiger partial charge on any atom is -0.395 e. The number of aliphatic hydroxyl groups excluding tert-OH is 1. The van der Waals surface area contributed by atoms with Crippen molar-refractivity contribution in [3.05, 3.63) is 35.5 Å². The number of nitrogens with zero attached hydrogens (tertiary/aromatic N) is 2. The lowest BCUT2D eigenvalue weighted by molar-refractivity contribution is 0.304. The maximum Gasteiger partial charge on any atom is 0.0726 e. The molecule has 0 fully saturated rings. The zero-order valence-corrected chi connectivity index (χ0v) is 10.7.